The average molecular weight is 389 g/mol. The fraction of sp³-hybridized carbons (Fsp3) is 0.550. The molecule has 3 rings (SSSR count). The second-order valence-corrected chi connectivity index (χ2v) is 8.42. The minimum Gasteiger partial charge on any atom is -0.348 e. The summed E-state index contributed by atoms with van der Waals surface area (Å²) in [5.74, 6) is 0.461. The highest BCUT2D eigenvalue weighted by Gasteiger charge is 2.29. The van der Waals surface area contributed by atoms with Gasteiger partial charge in [-0.25, -0.2) is 4.98 Å². The number of hydrogen-bond donors (Lipinski definition) is 0. The number of rotatable bonds is 5. The standard InChI is InChI=1S/C20H28N4O2S/c1-14-8-7-9-15(2)24(14)18(25)12-23-17-11-6-5-10-16(17)21-20(23)27-13-19(26)22(3)4/h5-6,10-11,14-15H,7-9,12-13H2,1-4H3. The predicted molar refractivity (Wildman–Crippen MR) is 109 cm³/mol. The monoisotopic (exact) mass is 388 g/mol. The Balaban J connectivity index is 1.86. The maximum absolute atomic E-state index is 13.1. The third-order valence-corrected chi connectivity index (χ3v) is 6.18. The fourth-order valence-corrected chi connectivity index (χ4v) is 4.69. The number of hydrogen-bond acceptors (Lipinski definition) is 4. The molecule has 1 fully saturated rings. The van der Waals surface area contributed by atoms with Crippen molar-refractivity contribution in [3.63, 3.8) is 0 Å². The molecular formula is C20H28N4O2S. The van der Waals surface area contributed by atoms with E-state index >= 15 is 0 Å². The van der Waals surface area contributed by atoms with E-state index in [1.54, 1.807) is 19.0 Å². The Labute approximate surface area is 164 Å². The van der Waals surface area contributed by atoms with Crippen molar-refractivity contribution in [1.29, 1.82) is 0 Å². The highest BCUT2D eigenvalue weighted by Crippen LogP contribution is 2.27. The maximum Gasteiger partial charge on any atom is 0.243 e. The number of likely N-dealkylation sites (tertiary alicyclic amines) is 1. The van der Waals surface area contributed by atoms with E-state index in [4.69, 9.17) is 0 Å². The van der Waals surface area contributed by atoms with Gasteiger partial charge in [-0.2, -0.15) is 0 Å². The van der Waals surface area contributed by atoms with Crippen molar-refractivity contribution in [3.8, 4) is 0 Å². The molecule has 2 atom stereocenters. The van der Waals surface area contributed by atoms with E-state index < -0.39 is 0 Å². The van der Waals surface area contributed by atoms with Crippen LogP contribution in [0.5, 0.6) is 0 Å². The molecule has 146 valence electrons. The number of benzene rings is 1. The molecule has 0 aliphatic carbocycles. The van der Waals surface area contributed by atoms with Gasteiger partial charge in [0.1, 0.15) is 6.54 Å². The molecule has 1 aliphatic rings. The minimum atomic E-state index is 0.0307. The number of carbonyl (C=O) groups is 2. The Bertz CT molecular complexity index is 822. The molecule has 2 amide bonds. The molecule has 1 saturated heterocycles. The van der Waals surface area contributed by atoms with Gasteiger partial charge < -0.3 is 14.4 Å². The lowest BCUT2D eigenvalue weighted by Gasteiger charge is -2.39. The summed E-state index contributed by atoms with van der Waals surface area (Å²) in [6, 6.07) is 8.35. The van der Waals surface area contributed by atoms with Crippen LogP contribution in [0.1, 0.15) is 33.1 Å². The van der Waals surface area contributed by atoms with Crippen molar-refractivity contribution in [1.82, 2.24) is 19.4 Å². The summed E-state index contributed by atoms with van der Waals surface area (Å²) in [5.41, 5.74) is 1.79. The van der Waals surface area contributed by atoms with Gasteiger partial charge in [0.25, 0.3) is 0 Å². The van der Waals surface area contributed by atoms with Crippen LogP contribution in [0, 0.1) is 0 Å². The molecule has 7 heteroatoms. The maximum atomic E-state index is 13.1. The van der Waals surface area contributed by atoms with Crippen molar-refractivity contribution < 1.29 is 9.59 Å². The summed E-state index contributed by atoms with van der Waals surface area (Å²) >= 11 is 1.39. The summed E-state index contributed by atoms with van der Waals surface area (Å²) in [6.07, 6.45) is 3.28. The van der Waals surface area contributed by atoms with Crippen LogP contribution in [-0.4, -0.2) is 63.1 Å². The number of imidazole rings is 1. The summed E-state index contributed by atoms with van der Waals surface area (Å²) in [4.78, 5) is 33.4. The van der Waals surface area contributed by atoms with Gasteiger partial charge in [-0.3, -0.25) is 9.59 Å². The lowest BCUT2D eigenvalue weighted by molar-refractivity contribution is -0.138. The number of fused-ring (bicyclic) bond motifs is 1. The third kappa shape index (κ3) is 4.29. The lowest BCUT2D eigenvalue weighted by Crippen LogP contribution is -2.48. The average Bonchev–Trinajstić information content (AvgIpc) is 2.97. The Kier molecular flexibility index (Phi) is 6.09. The molecule has 0 bridgehead atoms. The molecule has 27 heavy (non-hydrogen) atoms. The minimum absolute atomic E-state index is 0.0307. The zero-order chi connectivity index (χ0) is 19.6. The van der Waals surface area contributed by atoms with Gasteiger partial charge in [0.2, 0.25) is 11.8 Å². The van der Waals surface area contributed by atoms with Crippen LogP contribution in [0.25, 0.3) is 11.0 Å². The van der Waals surface area contributed by atoms with Gasteiger partial charge >= 0.3 is 0 Å². The van der Waals surface area contributed by atoms with Crippen molar-refractivity contribution in [2.24, 2.45) is 0 Å². The second kappa shape index (κ2) is 8.33. The smallest absolute Gasteiger partial charge is 0.243 e. The number of para-hydroxylation sites is 2. The zero-order valence-electron chi connectivity index (χ0n) is 16.5. The Morgan fingerprint density at radius 2 is 1.85 bits per heavy atom. The summed E-state index contributed by atoms with van der Waals surface area (Å²) in [5, 5.41) is 0.720. The Hall–Kier alpha value is -2.02. The molecule has 1 aromatic heterocycles. The number of aromatic nitrogens is 2. The van der Waals surface area contributed by atoms with Crippen LogP contribution in [-0.2, 0) is 16.1 Å². The van der Waals surface area contributed by atoms with Gasteiger partial charge in [0, 0.05) is 26.2 Å². The zero-order valence-corrected chi connectivity index (χ0v) is 17.3. The molecule has 1 aliphatic heterocycles. The fourth-order valence-electron chi connectivity index (χ4n) is 3.70. The highest BCUT2D eigenvalue weighted by atomic mass is 32.2. The number of thioether (sulfide) groups is 1. The van der Waals surface area contributed by atoms with E-state index in [1.807, 2.05) is 33.7 Å². The molecule has 2 aromatic rings. The largest absolute Gasteiger partial charge is 0.348 e. The normalized spacial score (nSPS) is 20.1. The molecule has 1 aromatic carbocycles. The molecule has 0 N–H and O–H groups in total. The summed E-state index contributed by atoms with van der Waals surface area (Å²) < 4.78 is 1.96. The van der Waals surface area contributed by atoms with E-state index in [2.05, 4.69) is 18.8 Å². The lowest BCUT2D eigenvalue weighted by atomic mass is 9.97. The summed E-state index contributed by atoms with van der Waals surface area (Å²) in [7, 11) is 3.49. The van der Waals surface area contributed by atoms with E-state index in [1.165, 1.54) is 18.2 Å². The van der Waals surface area contributed by atoms with Crippen molar-refractivity contribution in [3.05, 3.63) is 24.3 Å². The van der Waals surface area contributed by atoms with Crippen molar-refractivity contribution >= 4 is 34.6 Å². The Morgan fingerprint density at radius 3 is 2.52 bits per heavy atom. The van der Waals surface area contributed by atoms with Crippen LogP contribution in [0.15, 0.2) is 29.4 Å². The van der Waals surface area contributed by atoms with Crippen molar-refractivity contribution in [2.45, 2.75) is 56.9 Å². The van der Waals surface area contributed by atoms with Gasteiger partial charge in [0.05, 0.1) is 16.8 Å². The molecule has 2 heterocycles. The first-order chi connectivity index (χ1) is 12.9. The van der Waals surface area contributed by atoms with Gasteiger partial charge in [-0.05, 0) is 45.2 Å². The number of piperidine rings is 1. The van der Waals surface area contributed by atoms with Crippen molar-refractivity contribution in [2.75, 3.05) is 19.8 Å². The van der Waals surface area contributed by atoms with Crippen LogP contribution < -0.4 is 0 Å². The molecular weight excluding hydrogens is 360 g/mol. The Morgan fingerprint density at radius 1 is 1.19 bits per heavy atom. The SMILES string of the molecule is CC1CCCC(C)N1C(=O)Cn1c(SCC(=O)N(C)C)nc2ccccc21. The highest BCUT2D eigenvalue weighted by molar-refractivity contribution is 7.99. The third-order valence-electron chi connectivity index (χ3n) is 5.22. The van der Waals surface area contributed by atoms with Crippen LogP contribution in [0.2, 0.25) is 0 Å². The second-order valence-electron chi connectivity index (χ2n) is 7.48. The topological polar surface area (TPSA) is 58.4 Å². The number of carbonyl (C=O) groups excluding carboxylic acids is 2. The number of amides is 2. The first kappa shape index (κ1) is 19.7. The summed E-state index contributed by atoms with van der Waals surface area (Å²) in [6.45, 7) is 4.52. The van der Waals surface area contributed by atoms with Gasteiger partial charge in [-0.1, -0.05) is 23.9 Å². The molecule has 6 nitrogen and oxygen atoms in total. The van der Waals surface area contributed by atoms with Crippen LogP contribution >= 0.6 is 11.8 Å². The van der Waals surface area contributed by atoms with E-state index in [0.717, 1.165) is 29.0 Å². The van der Waals surface area contributed by atoms with E-state index in [-0.39, 0.29) is 30.4 Å². The molecule has 0 saturated carbocycles. The number of nitrogens with zero attached hydrogens (tertiary/aromatic N) is 4. The molecule has 0 radical (unpaired) electrons. The van der Waals surface area contributed by atoms with Crippen LogP contribution in [0.3, 0.4) is 0 Å². The van der Waals surface area contributed by atoms with Gasteiger partial charge in [-0.15, -0.1) is 0 Å². The van der Waals surface area contributed by atoms with E-state index in [0.29, 0.717) is 5.75 Å². The molecule has 2 unspecified atom stereocenters. The molecule has 0 spiro atoms. The van der Waals surface area contributed by atoms with Crippen LogP contribution in [0.4, 0.5) is 0 Å². The predicted octanol–water partition coefficient (Wildman–Crippen LogP) is 3.01. The van der Waals surface area contributed by atoms with E-state index in [9.17, 15) is 9.59 Å². The first-order valence-corrected chi connectivity index (χ1v) is 10.5. The first-order valence-electron chi connectivity index (χ1n) is 9.48. The van der Waals surface area contributed by atoms with Gasteiger partial charge in [0.15, 0.2) is 5.16 Å². The quantitative estimate of drug-likeness (QED) is 0.739.